The van der Waals surface area contributed by atoms with Gasteiger partial charge in [0.1, 0.15) is 5.03 Å². The van der Waals surface area contributed by atoms with Crippen molar-refractivity contribution in [2.75, 3.05) is 0 Å². The molecule has 3 nitrogen and oxygen atoms in total. The monoisotopic (exact) mass is 313 g/mol. The smallest absolute Gasteiger partial charge is 0.326 e. The van der Waals surface area contributed by atoms with Gasteiger partial charge in [-0.25, -0.2) is 4.98 Å². The molecule has 0 unspecified atom stereocenters. The van der Waals surface area contributed by atoms with E-state index >= 15 is 0 Å². The molecule has 0 saturated carbocycles. The molecule has 112 valence electrons. The Morgan fingerprint density at radius 2 is 1.95 bits per heavy atom. The fourth-order valence-electron chi connectivity index (χ4n) is 1.88. The lowest BCUT2D eigenvalue weighted by atomic mass is 10.2. The zero-order valence-corrected chi connectivity index (χ0v) is 12.3. The molecule has 0 saturated heterocycles. The maximum absolute atomic E-state index is 12.5. The van der Waals surface area contributed by atoms with Crippen LogP contribution in [-0.2, 0) is 12.7 Å². The minimum atomic E-state index is -4.37. The number of aromatic nitrogens is 2. The van der Waals surface area contributed by atoms with Gasteiger partial charge in [0.25, 0.3) is 0 Å². The number of pyridine rings is 2. The van der Waals surface area contributed by atoms with Crippen molar-refractivity contribution in [3.05, 3.63) is 46.9 Å². The Morgan fingerprint density at radius 1 is 1.24 bits per heavy atom. The average Bonchev–Trinajstić information content (AvgIpc) is 2.38. The van der Waals surface area contributed by atoms with E-state index < -0.39 is 11.7 Å². The highest BCUT2D eigenvalue weighted by Crippen LogP contribution is 2.33. The van der Waals surface area contributed by atoms with E-state index in [9.17, 15) is 13.2 Å². The predicted molar refractivity (Wildman–Crippen MR) is 75.0 cm³/mol. The molecule has 2 heterocycles. The number of hydrogen-bond donors (Lipinski definition) is 1. The third-order valence-electron chi connectivity index (χ3n) is 2.90. The van der Waals surface area contributed by atoms with Gasteiger partial charge in [0.15, 0.2) is 0 Å². The fraction of sp³-hybridized carbons (Fsp3) is 0.286. The third-order valence-corrected chi connectivity index (χ3v) is 3.94. The molecule has 21 heavy (non-hydrogen) atoms. The van der Waals surface area contributed by atoms with Gasteiger partial charge in [-0.3, -0.25) is 4.98 Å². The first kappa shape index (κ1) is 15.8. The zero-order valence-electron chi connectivity index (χ0n) is 11.5. The number of nitrogens with zero attached hydrogens (tertiary/aromatic N) is 2. The molecular weight excluding hydrogens is 299 g/mol. The van der Waals surface area contributed by atoms with E-state index in [1.807, 2.05) is 19.9 Å². The van der Waals surface area contributed by atoms with E-state index in [0.29, 0.717) is 11.6 Å². The molecular formula is C14H14F3N3S. The summed E-state index contributed by atoms with van der Waals surface area (Å²) in [5, 5.41) is 0.489. The van der Waals surface area contributed by atoms with Gasteiger partial charge in [0, 0.05) is 34.6 Å². The Hall–Kier alpha value is -1.60. The minimum absolute atomic E-state index is 0.322. The summed E-state index contributed by atoms with van der Waals surface area (Å²) in [4.78, 5) is 9.06. The van der Waals surface area contributed by atoms with E-state index in [4.69, 9.17) is 5.73 Å². The van der Waals surface area contributed by atoms with Gasteiger partial charge >= 0.3 is 6.18 Å². The van der Waals surface area contributed by atoms with Crippen LogP contribution in [0.15, 0.2) is 34.3 Å². The minimum Gasteiger partial charge on any atom is -0.326 e. The molecule has 2 aromatic heterocycles. The summed E-state index contributed by atoms with van der Waals surface area (Å²) in [6, 6.07) is 4.25. The summed E-state index contributed by atoms with van der Waals surface area (Å²) >= 11 is 1.29. The fourth-order valence-corrected chi connectivity index (χ4v) is 2.93. The molecule has 2 rings (SSSR count). The first-order valence-corrected chi connectivity index (χ1v) is 7.01. The van der Waals surface area contributed by atoms with Gasteiger partial charge in [0.2, 0.25) is 0 Å². The molecule has 0 bridgehead atoms. The molecule has 0 fully saturated rings. The van der Waals surface area contributed by atoms with Crippen molar-refractivity contribution >= 4 is 11.8 Å². The molecule has 0 aliphatic heterocycles. The summed E-state index contributed by atoms with van der Waals surface area (Å²) < 4.78 is 37.5. The van der Waals surface area contributed by atoms with E-state index in [2.05, 4.69) is 9.97 Å². The number of halogens is 3. The van der Waals surface area contributed by atoms with Gasteiger partial charge in [-0.2, -0.15) is 13.2 Å². The second-order valence-corrected chi connectivity index (χ2v) is 5.58. The van der Waals surface area contributed by atoms with Crippen LogP contribution in [0, 0.1) is 13.8 Å². The van der Waals surface area contributed by atoms with Crippen molar-refractivity contribution in [1.29, 1.82) is 0 Å². The molecule has 0 atom stereocenters. The van der Waals surface area contributed by atoms with Gasteiger partial charge in [-0.1, -0.05) is 11.8 Å². The van der Waals surface area contributed by atoms with Gasteiger partial charge in [-0.15, -0.1) is 0 Å². The van der Waals surface area contributed by atoms with E-state index in [-0.39, 0.29) is 0 Å². The highest BCUT2D eigenvalue weighted by atomic mass is 32.2. The van der Waals surface area contributed by atoms with Crippen LogP contribution >= 0.6 is 11.8 Å². The van der Waals surface area contributed by atoms with Crippen LogP contribution in [0.1, 0.15) is 22.5 Å². The molecule has 2 N–H and O–H groups in total. The van der Waals surface area contributed by atoms with Crippen LogP contribution in [0.5, 0.6) is 0 Å². The molecule has 0 radical (unpaired) electrons. The lowest BCUT2D eigenvalue weighted by Gasteiger charge is -2.11. The average molecular weight is 313 g/mol. The molecule has 0 aliphatic carbocycles. The standard InChI is InChI=1S/C14H14F3N3S/c1-8-5-12(11(6-18)9(2)20-8)21-13-4-3-10(7-19-13)14(15,16)17/h3-5,7H,6,18H2,1-2H3. The number of rotatable bonds is 3. The van der Waals surface area contributed by atoms with Crippen molar-refractivity contribution in [3.8, 4) is 0 Å². The molecule has 0 spiro atoms. The summed E-state index contributed by atoms with van der Waals surface area (Å²) in [5.74, 6) is 0. The second-order valence-electron chi connectivity index (χ2n) is 4.51. The van der Waals surface area contributed by atoms with Gasteiger partial charge < -0.3 is 5.73 Å². The summed E-state index contributed by atoms with van der Waals surface area (Å²) in [7, 11) is 0. The lowest BCUT2D eigenvalue weighted by Crippen LogP contribution is -2.06. The molecule has 0 amide bonds. The van der Waals surface area contributed by atoms with E-state index in [1.165, 1.54) is 17.8 Å². The Kier molecular flexibility index (Phi) is 4.53. The van der Waals surface area contributed by atoms with Gasteiger partial charge in [-0.05, 0) is 32.0 Å². The maximum Gasteiger partial charge on any atom is 0.417 e. The molecule has 7 heteroatoms. The van der Waals surface area contributed by atoms with Crippen molar-refractivity contribution in [3.63, 3.8) is 0 Å². The topological polar surface area (TPSA) is 51.8 Å². The molecule has 0 aliphatic rings. The Bertz CT molecular complexity index is 639. The Morgan fingerprint density at radius 3 is 2.48 bits per heavy atom. The number of alkyl halides is 3. The van der Waals surface area contributed by atoms with Crippen LogP contribution in [0.2, 0.25) is 0 Å². The SMILES string of the molecule is Cc1cc(Sc2ccc(C(F)(F)F)cn2)c(CN)c(C)n1. The van der Waals surface area contributed by atoms with Crippen LogP contribution in [0.25, 0.3) is 0 Å². The van der Waals surface area contributed by atoms with Crippen LogP contribution < -0.4 is 5.73 Å². The number of nitrogens with two attached hydrogens (primary N) is 1. The highest BCUT2D eigenvalue weighted by molar-refractivity contribution is 7.99. The first-order chi connectivity index (χ1) is 9.81. The number of hydrogen-bond acceptors (Lipinski definition) is 4. The van der Waals surface area contributed by atoms with Crippen LogP contribution in [0.3, 0.4) is 0 Å². The van der Waals surface area contributed by atoms with Crippen molar-refractivity contribution < 1.29 is 13.2 Å². The summed E-state index contributed by atoms with van der Waals surface area (Å²) in [6.45, 7) is 4.04. The highest BCUT2D eigenvalue weighted by Gasteiger charge is 2.30. The predicted octanol–water partition coefficient (Wildman–Crippen LogP) is 3.72. The molecule has 0 aromatic carbocycles. The maximum atomic E-state index is 12.5. The largest absolute Gasteiger partial charge is 0.417 e. The van der Waals surface area contributed by atoms with E-state index in [0.717, 1.165) is 34.1 Å². The first-order valence-electron chi connectivity index (χ1n) is 6.19. The van der Waals surface area contributed by atoms with Crippen molar-refractivity contribution in [2.24, 2.45) is 5.73 Å². The zero-order chi connectivity index (χ0) is 15.6. The lowest BCUT2D eigenvalue weighted by molar-refractivity contribution is -0.137. The van der Waals surface area contributed by atoms with Crippen molar-refractivity contribution in [1.82, 2.24) is 9.97 Å². The summed E-state index contributed by atoms with van der Waals surface area (Å²) in [5.41, 5.74) is 7.50. The van der Waals surface area contributed by atoms with E-state index in [1.54, 1.807) is 0 Å². The second kappa shape index (κ2) is 6.03. The normalized spacial score (nSPS) is 11.7. The van der Waals surface area contributed by atoms with Crippen molar-refractivity contribution in [2.45, 2.75) is 36.5 Å². The third kappa shape index (κ3) is 3.74. The number of aryl methyl sites for hydroxylation is 2. The van der Waals surface area contributed by atoms with Crippen LogP contribution in [-0.4, -0.2) is 9.97 Å². The Balaban J connectivity index is 2.30. The Labute approximate surface area is 124 Å². The molecule has 2 aromatic rings. The van der Waals surface area contributed by atoms with Crippen LogP contribution in [0.4, 0.5) is 13.2 Å². The summed E-state index contributed by atoms with van der Waals surface area (Å²) in [6.07, 6.45) is -3.53. The van der Waals surface area contributed by atoms with Gasteiger partial charge in [0.05, 0.1) is 5.56 Å². The quantitative estimate of drug-likeness (QED) is 0.938.